The number of hydrogen-bond acceptors (Lipinski definition) is 4. The maximum absolute atomic E-state index is 13.1. The molecule has 2 aliphatic rings. The number of aromatic carboxylic acids is 1. The average molecular weight is 473 g/mol. The van der Waals surface area contributed by atoms with E-state index in [-0.39, 0.29) is 30.0 Å². The third kappa shape index (κ3) is 4.01. The maximum Gasteiger partial charge on any atom is 0.341 e. The number of fused-ring (bicyclic) bond motifs is 3. The highest BCUT2D eigenvalue weighted by atomic mass is 16.5. The minimum Gasteiger partial charge on any atom is -0.487 e. The SMILES string of the molecule is CCCCOc1c2n(cc(C(=O)O)c1=O)C(C1c3ccccc3CCc3ccccc31)CNC2=O. The van der Waals surface area contributed by atoms with E-state index in [4.69, 9.17) is 4.74 Å². The topological polar surface area (TPSA) is 97.6 Å². The molecule has 0 saturated carbocycles. The Balaban J connectivity index is 1.75. The molecule has 0 bridgehead atoms. The van der Waals surface area contributed by atoms with Crippen molar-refractivity contribution < 1.29 is 19.4 Å². The van der Waals surface area contributed by atoms with Gasteiger partial charge in [-0.15, -0.1) is 0 Å². The lowest BCUT2D eigenvalue weighted by atomic mass is 9.81. The number of carboxylic acids is 1. The molecule has 1 amide bonds. The molecule has 3 aromatic rings. The fraction of sp³-hybridized carbons (Fsp3) is 0.321. The fourth-order valence-corrected chi connectivity index (χ4v) is 5.34. The van der Waals surface area contributed by atoms with Crippen LogP contribution < -0.4 is 15.5 Å². The smallest absolute Gasteiger partial charge is 0.341 e. The van der Waals surface area contributed by atoms with Gasteiger partial charge < -0.3 is 19.7 Å². The Morgan fingerprint density at radius 2 is 1.69 bits per heavy atom. The largest absolute Gasteiger partial charge is 0.487 e. The van der Waals surface area contributed by atoms with Gasteiger partial charge in [-0.25, -0.2) is 4.79 Å². The zero-order valence-electron chi connectivity index (χ0n) is 19.6. The number of carbonyl (C=O) groups is 2. The van der Waals surface area contributed by atoms with Crippen molar-refractivity contribution >= 4 is 11.9 Å². The van der Waals surface area contributed by atoms with Crippen LogP contribution in [-0.4, -0.2) is 34.7 Å². The van der Waals surface area contributed by atoms with Gasteiger partial charge in [0.1, 0.15) is 5.56 Å². The summed E-state index contributed by atoms with van der Waals surface area (Å²) in [5, 5.41) is 12.8. The first-order valence-electron chi connectivity index (χ1n) is 12.1. The number of rotatable bonds is 6. The molecule has 2 heterocycles. The minimum absolute atomic E-state index is 0.0894. The summed E-state index contributed by atoms with van der Waals surface area (Å²) in [6.45, 7) is 2.52. The number of pyridine rings is 1. The number of aryl methyl sites for hydroxylation is 2. The van der Waals surface area contributed by atoms with E-state index in [1.807, 2.05) is 31.2 Å². The van der Waals surface area contributed by atoms with E-state index in [9.17, 15) is 19.5 Å². The molecule has 7 nitrogen and oxygen atoms in total. The summed E-state index contributed by atoms with van der Waals surface area (Å²) in [7, 11) is 0. The molecule has 0 fully saturated rings. The van der Waals surface area contributed by atoms with E-state index in [0.717, 1.165) is 30.4 Å². The van der Waals surface area contributed by atoms with Crippen LogP contribution in [-0.2, 0) is 12.8 Å². The molecule has 2 aromatic carbocycles. The standard InChI is InChI=1S/C28H28N2O5/c1-2-3-14-35-26-24-27(32)29-15-22(30(24)16-21(25(26)31)28(33)34)23-19-10-6-4-8-17(19)12-13-18-9-5-7-11-20(18)23/h4-11,16,22-23H,2-3,12-15H2,1H3,(H,29,32)(H,33,34). The van der Waals surface area contributed by atoms with Gasteiger partial charge in [0.25, 0.3) is 5.91 Å². The maximum atomic E-state index is 13.1. The molecule has 35 heavy (non-hydrogen) atoms. The number of carbonyl (C=O) groups excluding carboxylic acids is 1. The highest BCUT2D eigenvalue weighted by Gasteiger charge is 2.38. The van der Waals surface area contributed by atoms with Crippen molar-refractivity contribution in [1.82, 2.24) is 9.88 Å². The van der Waals surface area contributed by atoms with E-state index in [2.05, 4.69) is 29.6 Å². The van der Waals surface area contributed by atoms with Crippen molar-refractivity contribution in [2.75, 3.05) is 13.2 Å². The molecule has 5 rings (SSSR count). The molecule has 0 spiro atoms. The monoisotopic (exact) mass is 472 g/mol. The third-order valence-electron chi connectivity index (χ3n) is 7.04. The number of nitrogens with one attached hydrogen (secondary N) is 1. The summed E-state index contributed by atoms with van der Waals surface area (Å²) in [6.07, 6.45) is 4.64. The highest BCUT2D eigenvalue weighted by molar-refractivity contribution is 5.97. The van der Waals surface area contributed by atoms with Gasteiger partial charge in [-0.05, 0) is 41.5 Å². The molecular formula is C28H28N2O5. The Bertz CT molecular complexity index is 1310. The fourth-order valence-electron chi connectivity index (χ4n) is 5.34. The van der Waals surface area contributed by atoms with Gasteiger partial charge in [-0.3, -0.25) is 9.59 Å². The molecule has 1 unspecified atom stereocenters. The van der Waals surface area contributed by atoms with Crippen molar-refractivity contribution in [3.63, 3.8) is 0 Å². The number of nitrogens with zero attached hydrogens (tertiary/aromatic N) is 1. The number of amides is 1. The molecule has 1 aromatic heterocycles. The van der Waals surface area contributed by atoms with Gasteiger partial charge in [0.2, 0.25) is 5.43 Å². The number of carboxylic acid groups (broad SMARTS) is 1. The predicted molar refractivity (Wildman–Crippen MR) is 132 cm³/mol. The first-order chi connectivity index (χ1) is 17.0. The summed E-state index contributed by atoms with van der Waals surface area (Å²) >= 11 is 0. The second-order valence-electron chi connectivity index (χ2n) is 9.12. The van der Waals surface area contributed by atoms with Crippen LogP contribution in [0.3, 0.4) is 0 Å². The number of unbranched alkanes of at least 4 members (excludes halogenated alkanes) is 1. The van der Waals surface area contributed by atoms with E-state index in [1.165, 1.54) is 17.3 Å². The first-order valence-corrected chi connectivity index (χ1v) is 12.1. The van der Waals surface area contributed by atoms with Gasteiger partial charge in [-0.2, -0.15) is 0 Å². The summed E-state index contributed by atoms with van der Waals surface area (Å²) in [4.78, 5) is 38.2. The average Bonchev–Trinajstić information content (AvgIpc) is 3.02. The minimum atomic E-state index is -1.34. The van der Waals surface area contributed by atoms with Crippen molar-refractivity contribution in [2.24, 2.45) is 0 Å². The Labute approximate surface area is 203 Å². The lowest BCUT2D eigenvalue weighted by molar-refractivity contribution is 0.0690. The zero-order valence-corrected chi connectivity index (χ0v) is 19.6. The Morgan fingerprint density at radius 1 is 1.06 bits per heavy atom. The van der Waals surface area contributed by atoms with Crippen molar-refractivity contribution in [3.8, 4) is 5.75 Å². The summed E-state index contributed by atoms with van der Waals surface area (Å²) < 4.78 is 7.45. The molecule has 0 radical (unpaired) electrons. The first kappa shape index (κ1) is 22.9. The van der Waals surface area contributed by atoms with Crippen molar-refractivity contribution in [1.29, 1.82) is 0 Å². The van der Waals surface area contributed by atoms with E-state index < -0.39 is 22.9 Å². The normalized spacial score (nSPS) is 16.9. The van der Waals surface area contributed by atoms with Gasteiger partial charge in [-0.1, -0.05) is 61.9 Å². The van der Waals surface area contributed by atoms with E-state index in [1.54, 1.807) is 4.57 Å². The van der Waals surface area contributed by atoms with Crippen LogP contribution in [0.4, 0.5) is 0 Å². The van der Waals surface area contributed by atoms with Gasteiger partial charge in [0.15, 0.2) is 11.4 Å². The Kier molecular flexibility index (Phi) is 6.16. The molecule has 7 heteroatoms. The Hall–Kier alpha value is -3.87. The molecule has 1 aliphatic heterocycles. The summed E-state index contributed by atoms with van der Waals surface area (Å²) in [6, 6.07) is 16.2. The third-order valence-corrected chi connectivity index (χ3v) is 7.04. The molecular weight excluding hydrogens is 444 g/mol. The van der Waals surface area contributed by atoms with E-state index in [0.29, 0.717) is 13.0 Å². The molecule has 0 saturated heterocycles. The molecule has 1 atom stereocenters. The summed E-state index contributed by atoms with van der Waals surface area (Å²) in [5.41, 5.74) is 3.68. The van der Waals surface area contributed by atoms with Gasteiger partial charge in [0.05, 0.1) is 12.6 Å². The van der Waals surface area contributed by atoms with Crippen molar-refractivity contribution in [2.45, 2.75) is 44.6 Å². The number of hydrogen-bond donors (Lipinski definition) is 2. The van der Waals surface area contributed by atoms with Gasteiger partial charge in [0, 0.05) is 18.7 Å². The number of aromatic nitrogens is 1. The molecule has 2 N–H and O–H groups in total. The van der Waals surface area contributed by atoms with Crippen LogP contribution >= 0.6 is 0 Å². The highest BCUT2D eigenvalue weighted by Crippen LogP contribution is 2.43. The van der Waals surface area contributed by atoms with Crippen molar-refractivity contribution in [3.05, 3.63) is 98.5 Å². The van der Waals surface area contributed by atoms with Gasteiger partial charge >= 0.3 is 5.97 Å². The second-order valence-corrected chi connectivity index (χ2v) is 9.12. The van der Waals surface area contributed by atoms with Crippen LogP contribution in [0.25, 0.3) is 0 Å². The van der Waals surface area contributed by atoms with Crippen LogP contribution in [0.2, 0.25) is 0 Å². The molecule has 180 valence electrons. The van der Waals surface area contributed by atoms with Crippen LogP contribution in [0.1, 0.15) is 74.8 Å². The predicted octanol–water partition coefficient (Wildman–Crippen LogP) is 3.94. The lowest BCUT2D eigenvalue weighted by Gasteiger charge is -2.36. The number of ether oxygens (including phenoxy) is 1. The molecule has 1 aliphatic carbocycles. The summed E-state index contributed by atoms with van der Waals surface area (Å²) in [5.74, 6) is -2.10. The Morgan fingerprint density at radius 3 is 2.29 bits per heavy atom. The number of benzene rings is 2. The van der Waals surface area contributed by atoms with Crippen LogP contribution in [0.15, 0.2) is 59.5 Å². The lowest BCUT2D eigenvalue weighted by Crippen LogP contribution is -2.44. The zero-order chi connectivity index (χ0) is 24.5. The van der Waals surface area contributed by atoms with Crippen LogP contribution in [0, 0.1) is 0 Å². The second kappa shape index (κ2) is 9.41. The van der Waals surface area contributed by atoms with E-state index >= 15 is 0 Å². The quantitative estimate of drug-likeness (QED) is 0.530. The van der Waals surface area contributed by atoms with Crippen LogP contribution in [0.5, 0.6) is 5.75 Å².